The average molecular weight is 426 g/mol. The molecule has 0 bridgehead atoms. The van der Waals surface area contributed by atoms with Gasteiger partial charge >= 0.3 is 5.97 Å². The first-order chi connectivity index (χ1) is 14.4. The molecule has 30 heavy (non-hydrogen) atoms. The van der Waals surface area contributed by atoms with Crippen molar-refractivity contribution >= 4 is 40.2 Å². The normalized spacial score (nSPS) is 10.8. The number of carbonyl (C=O) groups excluding carboxylic acids is 2. The van der Waals surface area contributed by atoms with Crippen LogP contribution in [0.5, 0.6) is 0 Å². The minimum Gasteiger partial charge on any atom is -0.465 e. The lowest BCUT2D eigenvalue weighted by molar-refractivity contribution is -0.142. The standard InChI is InChI=1S/C22H23N3O4S/c1-4-29-20(27)13-25(16-8-6-5-7-9-16)19(26)14-30-22-23-18-11-10-15(2)12-17(18)21(28)24(22)3/h5-12H,4,13-14H2,1-3H3. The van der Waals surface area contributed by atoms with Crippen molar-refractivity contribution in [1.82, 2.24) is 9.55 Å². The van der Waals surface area contributed by atoms with Gasteiger partial charge in [0.1, 0.15) is 6.54 Å². The van der Waals surface area contributed by atoms with Crippen LogP contribution < -0.4 is 10.5 Å². The molecule has 3 rings (SSSR count). The van der Waals surface area contributed by atoms with Crippen LogP contribution in [0.4, 0.5) is 5.69 Å². The first-order valence-corrected chi connectivity index (χ1v) is 10.5. The first kappa shape index (κ1) is 21.6. The molecule has 0 unspecified atom stereocenters. The maximum Gasteiger partial charge on any atom is 0.326 e. The van der Waals surface area contributed by atoms with Crippen molar-refractivity contribution in [3.63, 3.8) is 0 Å². The maximum absolute atomic E-state index is 12.9. The van der Waals surface area contributed by atoms with Crippen LogP contribution in [-0.2, 0) is 21.4 Å². The summed E-state index contributed by atoms with van der Waals surface area (Å²) in [5.41, 5.74) is 2.01. The lowest BCUT2D eigenvalue weighted by Crippen LogP contribution is -2.38. The van der Waals surface area contributed by atoms with Crippen molar-refractivity contribution in [2.45, 2.75) is 19.0 Å². The molecular weight excluding hydrogens is 402 g/mol. The van der Waals surface area contributed by atoms with Crippen molar-refractivity contribution in [2.75, 3.05) is 23.8 Å². The molecule has 0 saturated carbocycles. The molecule has 1 heterocycles. The van der Waals surface area contributed by atoms with Gasteiger partial charge in [0.25, 0.3) is 5.56 Å². The molecule has 8 heteroatoms. The highest BCUT2D eigenvalue weighted by atomic mass is 32.2. The Morgan fingerprint density at radius 3 is 2.60 bits per heavy atom. The number of esters is 1. The van der Waals surface area contributed by atoms with Gasteiger partial charge in [-0.15, -0.1) is 0 Å². The summed E-state index contributed by atoms with van der Waals surface area (Å²) in [6, 6.07) is 14.4. The van der Waals surface area contributed by atoms with Gasteiger partial charge in [-0.1, -0.05) is 41.6 Å². The fourth-order valence-electron chi connectivity index (χ4n) is 2.96. The topological polar surface area (TPSA) is 81.5 Å². The van der Waals surface area contributed by atoms with Crippen LogP contribution in [0.3, 0.4) is 0 Å². The minimum atomic E-state index is -0.480. The van der Waals surface area contributed by atoms with E-state index in [9.17, 15) is 14.4 Å². The second-order valence-corrected chi connectivity index (χ2v) is 7.63. The van der Waals surface area contributed by atoms with Gasteiger partial charge in [-0.05, 0) is 38.1 Å². The van der Waals surface area contributed by atoms with E-state index in [2.05, 4.69) is 4.98 Å². The van der Waals surface area contributed by atoms with Crippen molar-refractivity contribution in [3.8, 4) is 0 Å². The Labute approximate surface area is 178 Å². The van der Waals surface area contributed by atoms with Crippen molar-refractivity contribution in [2.24, 2.45) is 7.05 Å². The van der Waals surface area contributed by atoms with Crippen LogP contribution >= 0.6 is 11.8 Å². The summed E-state index contributed by atoms with van der Waals surface area (Å²) in [6.07, 6.45) is 0. The molecule has 3 aromatic rings. The van der Waals surface area contributed by atoms with Gasteiger partial charge in [-0.2, -0.15) is 0 Å². The number of carbonyl (C=O) groups is 2. The highest BCUT2D eigenvalue weighted by Crippen LogP contribution is 2.20. The van der Waals surface area contributed by atoms with Gasteiger partial charge in [0.15, 0.2) is 5.16 Å². The molecule has 0 aliphatic rings. The number of hydrogen-bond donors (Lipinski definition) is 0. The zero-order valence-electron chi connectivity index (χ0n) is 17.1. The van der Waals surface area contributed by atoms with Crippen LogP contribution in [-0.4, -0.2) is 40.3 Å². The molecule has 1 amide bonds. The Morgan fingerprint density at radius 1 is 1.17 bits per heavy atom. The van der Waals surface area contributed by atoms with Crippen LogP contribution in [0, 0.1) is 6.92 Å². The largest absolute Gasteiger partial charge is 0.465 e. The van der Waals surface area contributed by atoms with E-state index in [1.54, 1.807) is 50.4 Å². The summed E-state index contributed by atoms with van der Waals surface area (Å²) in [5.74, 6) is -0.741. The SMILES string of the molecule is CCOC(=O)CN(C(=O)CSc1nc2ccc(C)cc2c(=O)n1C)c1ccccc1. The number of ether oxygens (including phenoxy) is 1. The fraction of sp³-hybridized carbons (Fsp3) is 0.273. The zero-order chi connectivity index (χ0) is 21.7. The van der Waals surface area contributed by atoms with E-state index in [-0.39, 0.29) is 30.4 Å². The number of anilines is 1. The molecule has 1 aromatic heterocycles. The van der Waals surface area contributed by atoms with E-state index in [1.807, 2.05) is 19.1 Å². The number of hydrogen-bond acceptors (Lipinski definition) is 6. The van der Waals surface area contributed by atoms with Gasteiger partial charge in [-0.3, -0.25) is 19.0 Å². The smallest absolute Gasteiger partial charge is 0.326 e. The fourth-order valence-corrected chi connectivity index (χ4v) is 3.81. The van der Waals surface area contributed by atoms with Crippen molar-refractivity contribution in [1.29, 1.82) is 0 Å². The summed E-state index contributed by atoms with van der Waals surface area (Å²) in [7, 11) is 1.64. The summed E-state index contributed by atoms with van der Waals surface area (Å²) in [4.78, 5) is 43.5. The summed E-state index contributed by atoms with van der Waals surface area (Å²) in [5, 5.41) is 0.982. The number of thioether (sulfide) groups is 1. The summed E-state index contributed by atoms with van der Waals surface area (Å²) < 4.78 is 6.44. The van der Waals surface area contributed by atoms with E-state index in [0.29, 0.717) is 21.7 Å². The van der Waals surface area contributed by atoms with Gasteiger partial charge in [0, 0.05) is 12.7 Å². The van der Waals surface area contributed by atoms with Crippen LogP contribution in [0.2, 0.25) is 0 Å². The molecule has 0 aliphatic heterocycles. The molecule has 0 N–H and O–H groups in total. The molecule has 2 aromatic carbocycles. The minimum absolute atomic E-state index is 0.0198. The molecule has 0 atom stereocenters. The molecule has 0 aliphatic carbocycles. The third kappa shape index (κ3) is 4.88. The zero-order valence-corrected chi connectivity index (χ0v) is 17.9. The van der Waals surface area contributed by atoms with Crippen LogP contribution in [0.25, 0.3) is 10.9 Å². The Kier molecular flexibility index (Phi) is 6.89. The molecule has 0 spiro atoms. The van der Waals surface area contributed by atoms with Gasteiger partial charge in [-0.25, -0.2) is 4.98 Å². The number of aromatic nitrogens is 2. The van der Waals surface area contributed by atoms with Gasteiger partial charge in [0.2, 0.25) is 5.91 Å². The third-order valence-electron chi connectivity index (χ3n) is 4.48. The Balaban J connectivity index is 1.83. The number of fused-ring (bicyclic) bond motifs is 1. The lowest BCUT2D eigenvalue weighted by Gasteiger charge is -2.21. The number of benzene rings is 2. The average Bonchev–Trinajstić information content (AvgIpc) is 2.74. The Bertz CT molecular complexity index is 1130. The first-order valence-electron chi connectivity index (χ1n) is 9.52. The predicted octanol–water partition coefficient (Wildman–Crippen LogP) is 2.93. The predicted molar refractivity (Wildman–Crippen MR) is 118 cm³/mol. The molecule has 0 fully saturated rings. The van der Waals surface area contributed by atoms with E-state index in [4.69, 9.17) is 4.74 Å². The lowest BCUT2D eigenvalue weighted by atomic mass is 10.2. The van der Waals surface area contributed by atoms with Gasteiger partial charge in [0.05, 0.1) is 23.3 Å². The number of aryl methyl sites for hydroxylation is 1. The number of nitrogens with zero attached hydrogens (tertiary/aromatic N) is 3. The highest BCUT2D eigenvalue weighted by molar-refractivity contribution is 7.99. The molecule has 0 saturated heterocycles. The molecule has 156 valence electrons. The maximum atomic E-state index is 12.9. The quantitative estimate of drug-likeness (QED) is 0.329. The van der Waals surface area contributed by atoms with Gasteiger partial charge < -0.3 is 9.64 Å². The number of para-hydroxylation sites is 1. The molecular formula is C22H23N3O4S. The van der Waals surface area contributed by atoms with E-state index in [0.717, 1.165) is 17.3 Å². The second-order valence-electron chi connectivity index (χ2n) is 6.69. The highest BCUT2D eigenvalue weighted by Gasteiger charge is 2.21. The summed E-state index contributed by atoms with van der Waals surface area (Å²) >= 11 is 1.16. The van der Waals surface area contributed by atoms with E-state index < -0.39 is 5.97 Å². The molecule has 7 nitrogen and oxygen atoms in total. The van der Waals surface area contributed by atoms with Crippen molar-refractivity contribution in [3.05, 3.63) is 64.4 Å². The molecule has 0 radical (unpaired) electrons. The van der Waals surface area contributed by atoms with E-state index in [1.165, 1.54) is 9.47 Å². The number of amides is 1. The van der Waals surface area contributed by atoms with Crippen LogP contribution in [0.15, 0.2) is 58.5 Å². The summed E-state index contributed by atoms with van der Waals surface area (Å²) in [6.45, 7) is 3.70. The Hall–Kier alpha value is -3.13. The Morgan fingerprint density at radius 2 is 1.90 bits per heavy atom. The number of rotatable bonds is 7. The third-order valence-corrected chi connectivity index (χ3v) is 5.49. The monoisotopic (exact) mass is 425 g/mol. The van der Waals surface area contributed by atoms with Crippen LogP contribution in [0.1, 0.15) is 12.5 Å². The second kappa shape index (κ2) is 9.58. The van der Waals surface area contributed by atoms with E-state index >= 15 is 0 Å². The van der Waals surface area contributed by atoms with Crippen molar-refractivity contribution < 1.29 is 14.3 Å².